The average molecular weight is 263 g/mol. The number of rotatable bonds is 6. The molecule has 0 saturated heterocycles. The number of aryl methyl sites for hydroxylation is 1. The van der Waals surface area contributed by atoms with Crippen molar-refractivity contribution in [3.63, 3.8) is 0 Å². The van der Waals surface area contributed by atoms with E-state index in [0.717, 1.165) is 5.75 Å². The van der Waals surface area contributed by atoms with Crippen LogP contribution in [0.4, 0.5) is 0 Å². The highest BCUT2D eigenvalue weighted by Crippen LogP contribution is 2.15. The lowest BCUT2D eigenvalue weighted by molar-refractivity contribution is -0.129. The van der Waals surface area contributed by atoms with Crippen molar-refractivity contribution < 1.29 is 9.53 Å². The molecular weight excluding hydrogens is 238 g/mol. The molecule has 0 bridgehead atoms. The van der Waals surface area contributed by atoms with Crippen molar-refractivity contribution in [1.82, 2.24) is 5.32 Å². The first-order chi connectivity index (χ1) is 8.93. The van der Waals surface area contributed by atoms with Crippen LogP contribution in [-0.2, 0) is 4.79 Å². The number of hydrogen-bond acceptors (Lipinski definition) is 2. The summed E-state index contributed by atoms with van der Waals surface area (Å²) in [4.78, 5) is 12.1. The molecule has 0 aliphatic heterocycles. The highest BCUT2D eigenvalue weighted by molar-refractivity contribution is 5.81. The van der Waals surface area contributed by atoms with Crippen molar-refractivity contribution in [2.45, 2.75) is 53.2 Å². The summed E-state index contributed by atoms with van der Waals surface area (Å²) in [5.74, 6) is 1.12. The molecule has 1 amide bonds. The molecule has 0 heterocycles. The molecule has 0 aliphatic carbocycles. The van der Waals surface area contributed by atoms with Gasteiger partial charge in [-0.25, -0.2) is 0 Å². The first kappa shape index (κ1) is 15.5. The van der Waals surface area contributed by atoms with E-state index < -0.39 is 6.10 Å². The van der Waals surface area contributed by atoms with E-state index in [2.05, 4.69) is 19.2 Å². The second-order valence-corrected chi connectivity index (χ2v) is 5.37. The van der Waals surface area contributed by atoms with E-state index in [9.17, 15) is 4.79 Å². The first-order valence-electron chi connectivity index (χ1n) is 6.97. The fraction of sp³-hybridized carbons (Fsp3) is 0.562. The van der Waals surface area contributed by atoms with Crippen molar-refractivity contribution in [1.29, 1.82) is 0 Å². The van der Waals surface area contributed by atoms with Gasteiger partial charge in [0.2, 0.25) is 0 Å². The summed E-state index contributed by atoms with van der Waals surface area (Å²) in [6.07, 6.45) is 0.230. The molecule has 19 heavy (non-hydrogen) atoms. The number of carbonyl (C=O) groups is 1. The van der Waals surface area contributed by atoms with Gasteiger partial charge in [0.1, 0.15) is 5.75 Å². The van der Waals surface area contributed by atoms with E-state index in [1.807, 2.05) is 45.0 Å². The van der Waals surface area contributed by atoms with Gasteiger partial charge < -0.3 is 10.1 Å². The lowest BCUT2D eigenvalue weighted by Crippen LogP contribution is -2.44. The van der Waals surface area contributed by atoms with Crippen LogP contribution < -0.4 is 10.1 Å². The minimum Gasteiger partial charge on any atom is -0.481 e. The molecule has 0 spiro atoms. The standard InChI is InChI=1S/C16H25NO2/c1-6-15(16(18)17-13(5)11(2)3)19-14-9-7-12(4)8-10-14/h7-11,13,15H,6H2,1-5H3,(H,17,18)/t13-,15-/m1/s1. The monoisotopic (exact) mass is 263 g/mol. The van der Waals surface area contributed by atoms with Gasteiger partial charge >= 0.3 is 0 Å². The van der Waals surface area contributed by atoms with Crippen molar-refractivity contribution in [3.05, 3.63) is 29.8 Å². The fourth-order valence-electron chi connectivity index (χ4n) is 1.59. The summed E-state index contributed by atoms with van der Waals surface area (Å²) in [6, 6.07) is 7.92. The van der Waals surface area contributed by atoms with Crippen molar-refractivity contribution in [2.24, 2.45) is 5.92 Å². The summed E-state index contributed by atoms with van der Waals surface area (Å²) >= 11 is 0. The van der Waals surface area contributed by atoms with Gasteiger partial charge in [-0.3, -0.25) is 4.79 Å². The molecule has 0 aliphatic rings. The molecule has 1 aromatic rings. The molecule has 106 valence electrons. The predicted octanol–water partition coefficient (Wildman–Crippen LogP) is 3.31. The normalized spacial score (nSPS) is 14.0. The Labute approximate surface area is 116 Å². The molecule has 1 aromatic carbocycles. The molecule has 0 saturated carbocycles. The smallest absolute Gasteiger partial charge is 0.261 e. The SMILES string of the molecule is CC[C@@H](Oc1ccc(C)cc1)C(=O)N[C@H](C)C(C)C. The maximum Gasteiger partial charge on any atom is 0.261 e. The third kappa shape index (κ3) is 4.93. The number of hydrogen-bond donors (Lipinski definition) is 1. The van der Waals surface area contributed by atoms with Gasteiger partial charge in [-0.2, -0.15) is 0 Å². The molecule has 0 unspecified atom stereocenters. The van der Waals surface area contributed by atoms with E-state index >= 15 is 0 Å². The lowest BCUT2D eigenvalue weighted by atomic mass is 10.1. The van der Waals surface area contributed by atoms with E-state index in [-0.39, 0.29) is 11.9 Å². The maximum absolute atomic E-state index is 12.1. The minimum atomic E-state index is -0.427. The average Bonchev–Trinajstić information content (AvgIpc) is 2.37. The van der Waals surface area contributed by atoms with E-state index in [1.165, 1.54) is 5.56 Å². The van der Waals surface area contributed by atoms with Crippen LogP contribution in [0.3, 0.4) is 0 Å². The second-order valence-electron chi connectivity index (χ2n) is 5.37. The molecule has 1 N–H and O–H groups in total. The van der Waals surface area contributed by atoms with Crippen LogP contribution in [0.5, 0.6) is 5.75 Å². The summed E-state index contributed by atoms with van der Waals surface area (Å²) in [5, 5.41) is 3.00. The van der Waals surface area contributed by atoms with Crippen LogP contribution >= 0.6 is 0 Å². The van der Waals surface area contributed by atoms with Crippen LogP contribution in [0.25, 0.3) is 0 Å². The summed E-state index contributed by atoms with van der Waals surface area (Å²) in [6.45, 7) is 10.2. The van der Waals surface area contributed by atoms with E-state index in [1.54, 1.807) is 0 Å². The van der Waals surface area contributed by atoms with E-state index in [4.69, 9.17) is 4.74 Å². The molecule has 0 radical (unpaired) electrons. The number of benzene rings is 1. The Balaban J connectivity index is 2.62. The van der Waals surface area contributed by atoms with Crippen LogP contribution in [0, 0.1) is 12.8 Å². The molecule has 1 rings (SSSR count). The zero-order valence-corrected chi connectivity index (χ0v) is 12.6. The highest BCUT2D eigenvalue weighted by atomic mass is 16.5. The second kappa shape index (κ2) is 7.17. The van der Waals surface area contributed by atoms with Crippen molar-refractivity contribution in [3.8, 4) is 5.75 Å². The molecule has 3 heteroatoms. The molecule has 2 atom stereocenters. The maximum atomic E-state index is 12.1. The number of nitrogens with one attached hydrogen (secondary N) is 1. The Morgan fingerprint density at radius 2 is 1.79 bits per heavy atom. The van der Waals surface area contributed by atoms with Gasteiger partial charge in [-0.1, -0.05) is 38.5 Å². The minimum absolute atomic E-state index is 0.0377. The van der Waals surface area contributed by atoms with Gasteiger partial charge in [-0.05, 0) is 38.3 Å². The van der Waals surface area contributed by atoms with Crippen LogP contribution in [0.1, 0.15) is 39.7 Å². The number of ether oxygens (including phenoxy) is 1. The Kier molecular flexibility index (Phi) is 5.87. The van der Waals surface area contributed by atoms with Gasteiger partial charge in [0.05, 0.1) is 0 Å². The fourth-order valence-corrected chi connectivity index (χ4v) is 1.59. The number of amides is 1. The largest absolute Gasteiger partial charge is 0.481 e. The Morgan fingerprint density at radius 1 is 1.21 bits per heavy atom. The quantitative estimate of drug-likeness (QED) is 0.855. The zero-order valence-electron chi connectivity index (χ0n) is 12.6. The summed E-state index contributed by atoms with van der Waals surface area (Å²) in [5.41, 5.74) is 1.18. The third-order valence-electron chi connectivity index (χ3n) is 3.33. The van der Waals surface area contributed by atoms with Crippen molar-refractivity contribution >= 4 is 5.91 Å². The van der Waals surface area contributed by atoms with Gasteiger partial charge in [0.15, 0.2) is 6.10 Å². The summed E-state index contributed by atoms with van der Waals surface area (Å²) < 4.78 is 5.75. The third-order valence-corrected chi connectivity index (χ3v) is 3.33. The first-order valence-corrected chi connectivity index (χ1v) is 6.97. The van der Waals surface area contributed by atoms with Gasteiger partial charge in [0.25, 0.3) is 5.91 Å². The van der Waals surface area contributed by atoms with Crippen LogP contribution in [0.15, 0.2) is 24.3 Å². The molecule has 0 fully saturated rings. The zero-order chi connectivity index (χ0) is 14.4. The lowest BCUT2D eigenvalue weighted by Gasteiger charge is -2.22. The highest BCUT2D eigenvalue weighted by Gasteiger charge is 2.21. The predicted molar refractivity (Wildman–Crippen MR) is 78.3 cm³/mol. The van der Waals surface area contributed by atoms with Gasteiger partial charge in [0, 0.05) is 6.04 Å². The summed E-state index contributed by atoms with van der Waals surface area (Å²) in [7, 11) is 0. The van der Waals surface area contributed by atoms with E-state index in [0.29, 0.717) is 12.3 Å². The Bertz CT molecular complexity index is 398. The molecular formula is C16H25NO2. The van der Waals surface area contributed by atoms with Crippen LogP contribution in [-0.4, -0.2) is 18.1 Å². The molecule has 0 aromatic heterocycles. The van der Waals surface area contributed by atoms with Crippen molar-refractivity contribution in [2.75, 3.05) is 0 Å². The number of carbonyl (C=O) groups excluding carboxylic acids is 1. The molecule has 3 nitrogen and oxygen atoms in total. The Morgan fingerprint density at radius 3 is 2.26 bits per heavy atom. The van der Waals surface area contributed by atoms with Crippen LogP contribution in [0.2, 0.25) is 0 Å². The van der Waals surface area contributed by atoms with Gasteiger partial charge in [-0.15, -0.1) is 0 Å². The topological polar surface area (TPSA) is 38.3 Å². The Hall–Kier alpha value is -1.51.